The Labute approximate surface area is 62.1 Å². The topological polar surface area (TPSA) is 26.3 Å². The number of ether oxygens (including phenoxy) is 1. The van der Waals surface area contributed by atoms with E-state index in [0.717, 1.165) is 14.0 Å². The largest absolute Gasteiger partial charge is 0.468 e. The summed E-state index contributed by atoms with van der Waals surface area (Å²) in [5, 5.41) is 0. The number of hydrogen-bond acceptors (Lipinski definition) is 2. The van der Waals surface area contributed by atoms with E-state index in [1.165, 1.54) is 0 Å². The van der Waals surface area contributed by atoms with Crippen molar-refractivity contribution < 1.29 is 18.3 Å². The lowest BCUT2D eigenvalue weighted by Crippen LogP contribution is -2.37. The van der Waals surface area contributed by atoms with Gasteiger partial charge in [-0.25, -0.2) is 13.6 Å². The van der Waals surface area contributed by atoms with Gasteiger partial charge in [0.15, 0.2) is 4.87 Å². The van der Waals surface area contributed by atoms with Crippen molar-refractivity contribution in [2.45, 2.75) is 18.2 Å². The van der Waals surface area contributed by atoms with Crippen LogP contribution in [0, 0.1) is 0 Å². The monoisotopic (exact) mass is 172 g/mol. The van der Waals surface area contributed by atoms with Gasteiger partial charge < -0.3 is 4.74 Å². The van der Waals surface area contributed by atoms with Crippen LogP contribution in [0.5, 0.6) is 0 Å². The van der Waals surface area contributed by atoms with Crippen LogP contribution in [0.3, 0.4) is 0 Å². The third-order valence-electron chi connectivity index (χ3n) is 0.994. The Bertz CT molecular complexity index is 136. The maximum absolute atomic E-state index is 11.8. The fraction of sp³-hybridized carbons (Fsp3) is 0.800. The first kappa shape index (κ1) is 9.62. The van der Waals surface area contributed by atoms with Crippen LogP contribution in [0.2, 0.25) is 0 Å². The predicted octanol–water partition coefficient (Wildman–Crippen LogP) is 1.42. The minimum Gasteiger partial charge on any atom is -0.468 e. The van der Waals surface area contributed by atoms with Crippen molar-refractivity contribution >= 4 is 17.6 Å². The molecule has 0 heterocycles. The molecule has 0 aromatic carbocycles. The zero-order chi connectivity index (χ0) is 8.36. The zero-order valence-electron chi connectivity index (χ0n) is 5.53. The van der Waals surface area contributed by atoms with Crippen molar-refractivity contribution in [3.63, 3.8) is 0 Å². The van der Waals surface area contributed by atoms with Gasteiger partial charge in [-0.3, -0.25) is 0 Å². The summed E-state index contributed by atoms with van der Waals surface area (Å²) in [7, 11) is 1.01. The summed E-state index contributed by atoms with van der Waals surface area (Å²) in [5.74, 6) is -1.12. The van der Waals surface area contributed by atoms with Crippen LogP contribution < -0.4 is 0 Å². The number of alkyl halides is 3. The summed E-state index contributed by atoms with van der Waals surface area (Å²) in [6.07, 6.45) is -2.92. The molecule has 0 aliphatic heterocycles. The number of hydrogen-bond donors (Lipinski definition) is 0. The molecule has 0 N–H and O–H groups in total. The van der Waals surface area contributed by atoms with Crippen molar-refractivity contribution in [1.29, 1.82) is 0 Å². The average Bonchev–Trinajstić information content (AvgIpc) is 1.86. The highest BCUT2D eigenvalue weighted by atomic mass is 35.5. The molecule has 5 heteroatoms. The Morgan fingerprint density at radius 2 is 2.10 bits per heavy atom. The molecule has 0 radical (unpaired) electrons. The maximum atomic E-state index is 11.8. The Morgan fingerprint density at radius 3 is 2.20 bits per heavy atom. The minimum atomic E-state index is -2.92. The Morgan fingerprint density at radius 1 is 1.70 bits per heavy atom. The lowest BCUT2D eigenvalue weighted by Gasteiger charge is -2.16. The van der Waals surface area contributed by atoms with Gasteiger partial charge >= 0.3 is 5.97 Å². The van der Waals surface area contributed by atoms with Crippen LogP contribution >= 0.6 is 11.6 Å². The van der Waals surface area contributed by atoms with Crippen molar-refractivity contribution in [2.75, 3.05) is 7.11 Å². The quantitative estimate of drug-likeness (QED) is 0.465. The van der Waals surface area contributed by atoms with E-state index in [1.54, 1.807) is 0 Å². The molecule has 0 aromatic rings. The van der Waals surface area contributed by atoms with Gasteiger partial charge in [0.25, 0.3) is 6.43 Å². The van der Waals surface area contributed by atoms with Gasteiger partial charge in [0.2, 0.25) is 0 Å². The van der Waals surface area contributed by atoms with E-state index in [4.69, 9.17) is 11.6 Å². The van der Waals surface area contributed by atoms with Crippen LogP contribution in [0.25, 0.3) is 0 Å². The predicted molar refractivity (Wildman–Crippen MR) is 32.3 cm³/mol. The number of esters is 1. The second-order valence-electron chi connectivity index (χ2n) is 1.87. The van der Waals surface area contributed by atoms with Crippen LogP contribution in [0.4, 0.5) is 8.78 Å². The number of halogens is 3. The molecule has 1 atom stereocenters. The molecular weight excluding hydrogens is 166 g/mol. The molecule has 2 nitrogen and oxygen atoms in total. The first-order valence-corrected chi connectivity index (χ1v) is 2.86. The fourth-order valence-corrected chi connectivity index (χ4v) is 0.366. The highest BCUT2D eigenvalue weighted by Crippen LogP contribution is 2.24. The van der Waals surface area contributed by atoms with Gasteiger partial charge in [0, 0.05) is 0 Å². The van der Waals surface area contributed by atoms with E-state index in [0.29, 0.717) is 0 Å². The maximum Gasteiger partial charge on any atom is 0.332 e. The van der Waals surface area contributed by atoms with Crippen LogP contribution in [0.15, 0.2) is 0 Å². The minimum absolute atomic E-state index is 0.908. The molecule has 0 amide bonds. The summed E-state index contributed by atoms with van der Waals surface area (Å²) in [4.78, 5) is 8.23. The molecule has 0 aliphatic rings. The molecule has 0 saturated carbocycles. The average molecular weight is 173 g/mol. The van der Waals surface area contributed by atoms with E-state index in [2.05, 4.69) is 4.74 Å². The second-order valence-corrected chi connectivity index (χ2v) is 2.65. The number of rotatable bonds is 2. The van der Waals surface area contributed by atoms with Crippen LogP contribution in [-0.4, -0.2) is 24.4 Å². The molecule has 1 unspecified atom stereocenters. The highest BCUT2D eigenvalue weighted by Gasteiger charge is 2.41. The number of carbonyl (C=O) groups is 1. The first-order valence-electron chi connectivity index (χ1n) is 2.48. The summed E-state index contributed by atoms with van der Waals surface area (Å²) >= 11 is 5.10. The van der Waals surface area contributed by atoms with Crippen molar-refractivity contribution in [3.05, 3.63) is 0 Å². The van der Waals surface area contributed by atoms with Gasteiger partial charge in [-0.1, -0.05) is 0 Å². The van der Waals surface area contributed by atoms with E-state index in [9.17, 15) is 13.6 Å². The Kier molecular flexibility index (Phi) is 3.02. The zero-order valence-corrected chi connectivity index (χ0v) is 6.28. The van der Waals surface area contributed by atoms with E-state index in [-0.39, 0.29) is 0 Å². The van der Waals surface area contributed by atoms with Crippen molar-refractivity contribution in [1.82, 2.24) is 0 Å². The highest BCUT2D eigenvalue weighted by molar-refractivity contribution is 6.34. The molecule has 0 saturated heterocycles. The van der Waals surface area contributed by atoms with Crippen molar-refractivity contribution in [2.24, 2.45) is 0 Å². The third-order valence-corrected chi connectivity index (χ3v) is 1.31. The second kappa shape index (κ2) is 3.14. The number of methoxy groups -OCH3 is 1. The SMILES string of the molecule is COC(=O)C(C)(Cl)C(F)F. The van der Waals surface area contributed by atoms with E-state index in [1.807, 2.05) is 0 Å². The normalized spacial score (nSPS) is 16.6. The fourth-order valence-electron chi connectivity index (χ4n) is 0.289. The summed E-state index contributed by atoms with van der Waals surface area (Å²) < 4.78 is 27.7. The molecule has 0 rings (SSSR count). The molecule has 0 bridgehead atoms. The number of carbonyl (C=O) groups excluding carboxylic acids is 1. The molecule has 0 aromatic heterocycles. The van der Waals surface area contributed by atoms with Gasteiger partial charge in [-0.05, 0) is 6.92 Å². The summed E-state index contributed by atoms with van der Waals surface area (Å²) in [6.45, 7) is 0.908. The van der Waals surface area contributed by atoms with Gasteiger partial charge in [0.1, 0.15) is 0 Å². The molecule has 0 fully saturated rings. The van der Waals surface area contributed by atoms with Gasteiger partial charge in [-0.15, -0.1) is 11.6 Å². The van der Waals surface area contributed by atoms with E-state index >= 15 is 0 Å². The van der Waals surface area contributed by atoms with Crippen LogP contribution in [0.1, 0.15) is 6.92 Å². The van der Waals surface area contributed by atoms with Gasteiger partial charge in [-0.2, -0.15) is 0 Å². The summed E-state index contributed by atoms with van der Waals surface area (Å²) in [6, 6.07) is 0. The third kappa shape index (κ3) is 1.80. The summed E-state index contributed by atoms with van der Waals surface area (Å²) in [5.41, 5.74) is 0. The Hall–Kier alpha value is -0.380. The van der Waals surface area contributed by atoms with Gasteiger partial charge in [0.05, 0.1) is 7.11 Å². The standard InChI is InChI=1S/C5H7ClF2O2/c1-5(6,3(7)8)4(9)10-2/h3H,1-2H3. The lowest BCUT2D eigenvalue weighted by atomic mass is 10.2. The molecular formula is C5H7ClF2O2. The lowest BCUT2D eigenvalue weighted by molar-refractivity contribution is -0.147. The molecule has 0 aliphatic carbocycles. The molecule has 10 heavy (non-hydrogen) atoms. The Balaban J connectivity index is 4.24. The van der Waals surface area contributed by atoms with Crippen molar-refractivity contribution in [3.8, 4) is 0 Å². The smallest absolute Gasteiger partial charge is 0.332 e. The van der Waals surface area contributed by atoms with E-state index < -0.39 is 17.3 Å². The first-order chi connectivity index (χ1) is 4.42. The van der Waals surface area contributed by atoms with Crippen LogP contribution in [-0.2, 0) is 9.53 Å². The molecule has 0 spiro atoms. The molecule has 60 valence electrons.